The second-order valence-corrected chi connectivity index (χ2v) is 15.7. The molecule has 44 heavy (non-hydrogen) atoms. The van der Waals surface area contributed by atoms with Gasteiger partial charge in [-0.3, -0.25) is 9.59 Å². The van der Waals surface area contributed by atoms with Crippen LogP contribution >= 0.6 is 0 Å². The standard InChI is InChI=1S/C35H65N3O6/c1-22(2)38-17-15-26(16-18-38)27-13-14-29(39)34(6,7)31(41)25(5)32(35(8,42-12)20-23(3)21-37(27)11)44-33-30(40)28(36(9)10)19-24(4)43-33/h22-28,30,32-33,40H,13-21H2,1-12H3/t23-,24-,25+,27-,28+,30-,32-,33+,35-/m1/s1. The number of likely N-dealkylation sites (tertiary alicyclic amines) is 1. The minimum atomic E-state index is -1.18. The zero-order chi connectivity index (χ0) is 33.1. The molecular formula is C35H65N3O6. The fourth-order valence-corrected chi connectivity index (χ4v) is 8.36. The Hall–Kier alpha value is -0.940. The van der Waals surface area contributed by atoms with Gasteiger partial charge in [0.25, 0.3) is 0 Å². The lowest BCUT2D eigenvalue weighted by molar-refractivity contribution is -0.295. The molecule has 0 bridgehead atoms. The first-order valence-electron chi connectivity index (χ1n) is 17.1. The van der Waals surface area contributed by atoms with Gasteiger partial charge in [0.15, 0.2) is 12.1 Å². The van der Waals surface area contributed by atoms with Crippen molar-refractivity contribution in [2.45, 2.75) is 142 Å². The predicted molar refractivity (Wildman–Crippen MR) is 175 cm³/mol. The molecule has 0 aromatic carbocycles. The largest absolute Gasteiger partial charge is 0.386 e. The first-order valence-corrected chi connectivity index (χ1v) is 17.1. The van der Waals surface area contributed by atoms with Crippen molar-refractivity contribution >= 4 is 11.6 Å². The van der Waals surface area contributed by atoms with Crippen LogP contribution in [-0.2, 0) is 23.8 Å². The lowest BCUT2D eigenvalue weighted by Crippen LogP contribution is -2.59. The van der Waals surface area contributed by atoms with Crippen LogP contribution in [0.25, 0.3) is 0 Å². The molecule has 0 amide bonds. The maximum atomic E-state index is 14.3. The van der Waals surface area contributed by atoms with E-state index in [1.807, 2.05) is 39.8 Å². The zero-order valence-electron chi connectivity index (χ0n) is 30.0. The molecule has 0 spiro atoms. The maximum Gasteiger partial charge on any atom is 0.185 e. The summed E-state index contributed by atoms with van der Waals surface area (Å²) in [5.41, 5.74) is -2.04. The summed E-state index contributed by atoms with van der Waals surface area (Å²) in [6.07, 6.45) is 2.03. The molecule has 0 unspecified atom stereocenters. The van der Waals surface area contributed by atoms with E-state index in [0.29, 0.717) is 31.2 Å². The van der Waals surface area contributed by atoms with Gasteiger partial charge in [-0.2, -0.15) is 0 Å². The van der Waals surface area contributed by atoms with Crippen molar-refractivity contribution in [1.82, 2.24) is 14.7 Å². The number of hydrogen-bond acceptors (Lipinski definition) is 9. The summed E-state index contributed by atoms with van der Waals surface area (Å²) < 4.78 is 19.1. The van der Waals surface area contributed by atoms with Gasteiger partial charge in [-0.05, 0) is 120 Å². The predicted octanol–water partition coefficient (Wildman–Crippen LogP) is 4.24. The third kappa shape index (κ3) is 8.50. The van der Waals surface area contributed by atoms with Crippen molar-refractivity contribution in [3.8, 4) is 0 Å². The molecule has 3 aliphatic rings. The number of carbonyl (C=O) groups is 2. The van der Waals surface area contributed by atoms with Crippen molar-refractivity contribution in [3.63, 3.8) is 0 Å². The molecule has 0 aliphatic carbocycles. The summed E-state index contributed by atoms with van der Waals surface area (Å²) in [5, 5.41) is 11.3. The van der Waals surface area contributed by atoms with Crippen molar-refractivity contribution in [3.05, 3.63) is 0 Å². The fourth-order valence-electron chi connectivity index (χ4n) is 8.36. The number of Topliss-reactive ketones (excluding diaryl/α,β-unsaturated/α-hetero) is 2. The van der Waals surface area contributed by atoms with Crippen LogP contribution in [0.2, 0.25) is 0 Å². The molecular weight excluding hydrogens is 558 g/mol. The number of likely N-dealkylation sites (N-methyl/N-ethyl adjacent to an activating group) is 1. The first kappa shape index (κ1) is 37.5. The van der Waals surface area contributed by atoms with Gasteiger partial charge in [-0.25, -0.2) is 0 Å². The van der Waals surface area contributed by atoms with E-state index in [-0.39, 0.29) is 35.7 Å². The fraction of sp³-hybridized carbons (Fsp3) is 0.943. The Kier molecular flexibility index (Phi) is 13.1. The maximum absolute atomic E-state index is 14.3. The highest BCUT2D eigenvalue weighted by Crippen LogP contribution is 2.39. The third-order valence-corrected chi connectivity index (χ3v) is 11.2. The van der Waals surface area contributed by atoms with E-state index in [4.69, 9.17) is 14.2 Å². The van der Waals surface area contributed by atoms with Gasteiger partial charge in [-0.15, -0.1) is 0 Å². The van der Waals surface area contributed by atoms with E-state index in [9.17, 15) is 14.7 Å². The number of aliphatic hydroxyl groups is 1. The molecule has 3 heterocycles. The van der Waals surface area contributed by atoms with Crippen LogP contribution in [0, 0.1) is 23.2 Å². The van der Waals surface area contributed by atoms with E-state index in [1.165, 1.54) is 0 Å². The summed E-state index contributed by atoms with van der Waals surface area (Å²) in [7, 11) is 7.76. The summed E-state index contributed by atoms with van der Waals surface area (Å²) in [6, 6.07) is 0.673. The number of ether oxygens (including phenoxy) is 3. The second-order valence-electron chi connectivity index (χ2n) is 15.7. The molecule has 3 fully saturated rings. The molecule has 9 heteroatoms. The summed E-state index contributed by atoms with van der Waals surface area (Å²) in [4.78, 5) is 35.2. The molecule has 3 saturated heterocycles. The Morgan fingerprint density at radius 1 is 1.05 bits per heavy atom. The van der Waals surface area contributed by atoms with Crippen LogP contribution < -0.4 is 0 Å². The number of piperidine rings is 1. The van der Waals surface area contributed by atoms with E-state index in [2.05, 4.69) is 37.6 Å². The highest BCUT2D eigenvalue weighted by Gasteiger charge is 2.51. The highest BCUT2D eigenvalue weighted by atomic mass is 16.7. The number of nitrogens with zero attached hydrogens (tertiary/aromatic N) is 3. The first-order chi connectivity index (χ1) is 20.4. The van der Waals surface area contributed by atoms with Gasteiger partial charge in [0.2, 0.25) is 0 Å². The van der Waals surface area contributed by atoms with E-state index in [0.717, 1.165) is 38.9 Å². The van der Waals surface area contributed by atoms with Crippen molar-refractivity contribution in [1.29, 1.82) is 0 Å². The molecule has 0 aromatic heterocycles. The monoisotopic (exact) mass is 623 g/mol. The molecule has 0 saturated carbocycles. The number of carbonyl (C=O) groups excluding carboxylic acids is 2. The Bertz CT molecular complexity index is 951. The summed E-state index contributed by atoms with van der Waals surface area (Å²) >= 11 is 0. The lowest BCUT2D eigenvalue weighted by atomic mass is 9.71. The van der Waals surface area contributed by atoms with Crippen LogP contribution in [0.1, 0.15) is 93.9 Å². The normalized spacial score (nSPS) is 39.7. The molecule has 0 radical (unpaired) electrons. The number of aliphatic hydroxyl groups excluding tert-OH is 1. The van der Waals surface area contributed by atoms with Crippen molar-refractivity contribution in [2.75, 3.05) is 47.9 Å². The third-order valence-electron chi connectivity index (χ3n) is 11.2. The van der Waals surface area contributed by atoms with Gasteiger partial charge < -0.3 is 34.0 Å². The number of hydrogen-bond donors (Lipinski definition) is 1. The molecule has 3 aliphatic heterocycles. The molecule has 1 N–H and O–H groups in total. The van der Waals surface area contributed by atoms with Crippen LogP contribution in [-0.4, -0.2) is 128 Å². The van der Waals surface area contributed by atoms with Gasteiger partial charge in [0, 0.05) is 44.1 Å². The average Bonchev–Trinajstić information content (AvgIpc) is 2.95. The van der Waals surface area contributed by atoms with Crippen molar-refractivity contribution < 1.29 is 28.9 Å². The Morgan fingerprint density at radius 2 is 1.66 bits per heavy atom. The van der Waals surface area contributed by atoms with Gasteiger partial charge in [0.1, 0.15) is 11.9 Å². The lowest BCUT2D eigenvalue weighted by Gasteiger charge is -2.47. The minimum Gasteiger partial charge on any atom is -0.386 e. The second kappa shape index (κ2) is 15.3. The Labute approximate surface area is 268 Å². The van der Waals surface area contributed by atoms with Gasteiger partial charge in [0.05, 0.1) is 23.2 Å². The van der Waals surface area contributed by atoms with Crippen LogP contribution in [0.15, 0.2) is 0 Å². The van der Waals surface area contributed by atoms with Crippen LogP contribution in [0.3, 0.4) is 0 Å². The quantitative estimate of drug-likeness (QED) is 0.436. The Balaban J connectivity index is 1.96. The minimum absolute atomic E-state index is 0.0206. The van der Waals surface area contributed by atoms with Crippen LogP contribution in [0.4, 0.5) is 0 Å². The smallest absolute Gasteiger partial charge is 0.185 e. The Morgan fingerprint density at radius 3 is 2.20 bits per heavy atom. The van der Waals surface area contributed by atoms with Crippen molar-refractivity contribution in [2.24, 2.45) is 23.2 Å². The molecule has 0 aromatic rings. The SMILES string of the molecule is CO[C@]1(C)C[C@@H](C)CN(C)[C@@H](C2CCN(C(C)C)CC2)CCC(=O)C(C)(C)C(=O)[C@H](C)[C@H]1O[C@@H]1O[C@H](C)C[C@H](N(C)C)[C@H]1O. The van der Waals surface area contributed by atoms with Gasteiger partial charge in [-0.1, -0.05) is 13.8 Å². The summed E-state index contributed by atoms with van der Waals surface area (Å²) in [6.45, 7) is 19.2. The van der Waals surface area contributed by atoms with E-state index >= 15 is 0 Å². The molecule has 256 valence electrons. The van der Waals surface area contributed by atoms with E-state index in [1.54, 1.807) is 21.0 Å². The number of ketones is 2. The summed E-state index contributed by atoms with van der Waals surface area (Å²) in [5.74, 6) is -0.0919. The number of rotatable bonds is 6. The highest BCUT2D eigenvalue weighted by molar-refractivity contribution is 6.07. The van der Waals surface area contributed by atoms with E-state index < -0.39 is 35.4 Å². The molecule has 9 nitrogen and oxygen atoms in total. The zero-order valence-corrected chi connectivity index (χ0v) is 30.0. The average molecular weight is 624 g/mol. The van der Waals surface area contributed by atoms with Crippen LogP contribution in [0.5, 0.6) is 0 Å². The molecule has 9 atom stereocenters. The number of methoxy groups -OCH3 is 1. The van der Waals surface area contributed by atoms with Gasteiger partial charge >= 0.3 is 0 Å². The topological polar surface area (TPSA) is 91.8 Å². The molecule has 3 rings (SSSR count).